The van der Waals surface area contributed by atoms with Crippen LogP contribution < -0.4 is 5.32 Å². The molecule has 1 heterocycles. The average molecular weight is 242 g/mol. The Morgan fingerprint density at radius 3 is 2.75 bits per heavy atom. The van der Waals surface area contributed by atoms with Crippen LogP contribution in [0.1, 0.15) is 24.5 Å². The van der Waals surface area contributed by atoms with Crippen molar-refractivity contribution >= 4 is 11.3 Å². The predicted molar refractivity (Wildman–Crippen MR) is 69.1 cm³/mol. The van der Waals surface area contributed by atoms with E-state index in [1.807, 2.05) is 6.92 Å². The normalized spacial score (nSPS) is 13.3. The van der Waals surface area contributed by atoms with Gasteiger partial charge in [-0.05, 0) is 12.8 Å². The molecule has 1 aromatic rings. The molecule has 0 fully saturated rings. The Morgan fingerprint density at radius 2 is 2.25 bits per heavy atom. The minimum Gasteiger partial charge on any atom is -0.383 e. The maximum absolute atomic E-state index is 5.20. The summed E-state index contributed by atoms with van der Waals surface area (Å²) in [5, 5.41) is 6.83. The molecule has 1 atom stereocenters. The summed E-state index contributed by atoms with van der Waals surface area (Å²) in [4.78, 5) is 4.45. The van der Waals surface area contributed by atoms with Crippen molar-refractivity contribution in [1.82, 2.24) is 10.3 Å². The van der Waals surface area contributed by atoms with Gasteiger partial charge < -0.3 is 10.1 Å². The molecule has 1 rings (SSSR count). The van der Waals surface area contributed by atoms with Crippen molar-refractivity contribution < 1.29 is 4.74 Å². The van der Waals surface area contributed by atoms with Gasteiger partial charge in [-0.25, -0.2) is 4.98 Å². The van der Waals surface area contributed by atoms with Gasteiger partial charge in [0.25, 0.3) is 0 Å². The van der Waals surface area contributed by atoms with Crippen LogP contribution in [0, 0.1) is 12.8 Å². The molecule has 0 aliphatic carbocycles. The molecule has 1 unspecified atom stereocenters. The van der Waals surface area contributed by atoms with Gasteiger partial charge in [0, 0.05) is 37.2 Å². The Labute approximate surface area is 102 Å². The second-order valence-electron chi connectivity index (χ2n) is 4.39. The Hall–Kier alpha value is -0.450. The van der Waals surface area contributed by atoms with Gasteiger partial charge in [-0.15, -0.1) is 11.3 Å². The monoisotopic (exact) mass is 242 g/mol. The zero-order chi connectivity index (χ0) is 12.0. The fraction of sp³-hybridized carbons (Fsp3) is 0.750. The molecule has 16 heavy (non-hydrogen) atoms. The molecular weight excluding hydrogens is 220 g/mol. The number of nitrogens with one attached hydrogen (secondary N) is 1. The van der Waals surface area contributed by atoms with E-state index in [0.29, 0.717) is 12.0 Å². The smallest absolute Gasteiger partial charge is 0.0940 e. The van der Waals surface area contributed by atoms with E-state index in [0.717, 1.165) is 25.3 Å². The van der Waals surface area contributed by atoms with Crippen LogP contribution in [-0.4, -0.2) is 31.3 Å². The molecule has 0 spiro atoms. The lowest BCUT2D eigenvalue weighted by molar-refractivity contribution is 0.147. The van der Waals surface area contributed by atoms with Crippen molar-refractivity contribution in [2.24, 2.45) is 5.92 Å². The van der Waals surface area contributed by atoms with Crippen molar-refractivity contribution in [2.45, 2.75) is 33.2 Å². The number of hydrogen-bond donors (Lipinski definition) is 1. The third kappa shape index (κ3) is 4.60. The van der Waals surface area contributed by atoms with Gasteiger partial charge >= 0.3 is 0 Å². The second kappa shape index (κ2) is 6.99. The van der Waals surface area contributed by atoms with E-state index in [2.05, 4.69) is 29.5 Å². The standard InChI is InChI=1S/C12H22N2OS/c1-9(2)11(7-15-4)13-6-5-12-14-10(3)8-16-12/h8-9,11,13H,5-7H2,1-4H3. The quantitative estimate of drug-likeness (QED) is 0.796. The van der Waals surface area contributed by atoms with Gasteiger partial charge in [-0.1, -0.05) is 13.8 Å². The van der Waals surface area contributed by atoms with Gasteiger partial charge in [-0.3, -0.25) is 0 Å². The van der Waals surface area contributed by atoms with E-state index in [1.165, 1.54) is 5.01 Å². The maximum Gasteiger partial charge on any atom is 0.0940 e. The number of aromatic nitrogens is 1. The molecule has 1 aromatic heterocycles. The van der Waals surface area contributed by atoms with Crippen molar-refractivity contribution in [3.63, 3.8) is 0 Å². The van der Waals surface area contributed by atoms with E-state index in [9.17, 15) is 0 Å². The number of methoxy groups -OCH3 is 1. The third-order valence-electron chi connectivity index (χ3n) is 2.56. The summed E-state index contributed by atoms with van der Waals surface area (Å²) < 4.78 is 5.20. The Bertz CT molecular complexity index is 299. The molecule has 0 aliphatic heterocycles. The number of hydrogen-bond acceptors (Lipinski definition) is 4. The van der Waals surface area contributed by atoms with E-state index in [-0.39, 0.29) is 0 Å². The maximum atomic E-state index is 5.20. The van der Waals surface area contributed by atoms with Gasteiger partial charge in [0.1, 0.15) is 0 Å². The molecule has 0 radical (unpaired) electrons. The minimum absolute atomic E-state index is 0.436. The zero-order valence-corrected chi connectivity index (χ0v) is 11.4. The first kappa shape index (κ1) is 13.6. The summed E-state index contributed by atoms with van der Waals surface area (Å²) in [5.41, 5.74) is 1.12. The molecule has 0 saturated carbocycles. The molecule has 0 bridgehead atoms. The minimum atomic E-state index is 0.436. The van der Waals surface area contributed by atoms with Crippen LogP contribution in [0.5, 0.6) is 0 Å². The van der Waals surface area contributed by atoms with Crippen molar-refractivity contribution in [1.29, 1.82) is 0 Å². The highest BCUT2D eigenvalue weighted by Gasteiger charge is 2.11. The lowest BCUT2D eigenvalue weighted by Gasteiger charge is -2.21. The average Bonchev–Trinajstić information content (AvgIpc) is 2.63. The van der Waals surface area contributed by atoms with Gasteiger partial charge in [0.05, 0.1) is 11.6 Å². The van der Waals surface area contributed by atoms with Gasteiger partial charge in [-0.2, -0.15) is 0 Å². The number of rotatable bonds is 7. The van der Waals surface area contributed by atoms with Crippen LogP contribution in [0.2, 0.25) is 0 Å². The molecular formula is C12H22N2OS. The highest BCUT2D eigenvalue weighted by Crippen LogP contribution is 2.09. The lowest BCUT2D eigenvalue weighted by Crippen LogP contribution is -2.38. The molecule has 0 aromatic carbocycles. The highest BCUT2D eigenvalue weighted by atomic mass is 32.1. The Morgan fingerprint density at radius 1 is 1.50 bits per heavy atom. The Balaban J connectivity index is 2.27. The highest BCUT2D eigenvalue weighted by molar-refractivity contribution is 7.09. The second-order valence-corrected chi connectivity index (χ2v) is 5.34. The van der Waals surface area contributed by atoms with Crippen LogP contribution >= 0.6 is 11.3 Å². The van der Waals surface area contributed by atoms with E-state index >= 15 is 0 Å². The third-order valence-corrected chi connectivity index (χ3v) is 3.59. The van der Waals surface area contributed by atoms with Crippen LogP contribution in [0.4, 0.5) is 0 Å². The molecule has 0 saturated heterocycles. The fourth-order valence-electron chi connectivity index (χ4n) is 1.55. The van der Waals surface area contributed by atoms with E-state index < -0.39 is 0 Å². The lowest BCUT2D eigenvalue weighted by atomic mass is 10.1. The van der Waals surface area contributed by atoms with Crippen LogP contribution in [-0.2, 0) is 11.2 Å². The molecule has 0 amide bonds. The summed E-state index contributed by atoms with van der Waals surface area (Å²) in [5.74, 6) is 0.595. The number of aryl methyl sites for hydroxylation is 1. The first-order valence-corrected chi connectivity index (χ1v) is 6.64. The Kier molecular flexibility index (Phi) is 5.95. The number of ether oxygens (including phenoxy) is 1. The van der Waals surface area contributed by atoms with Crippen LogP contribution in [0.15, 0.2) is 5.38 Å². The summed E-state index contributed by atoms with van der Waals surface area (Å²) in [6.07, 6.45) is 1.01. The summed E-state index contributed by atoms with van der Waals surface area (Å²) in [6.45, 7) is 8.21. The molecule has 3 nitrogen and oxygen atoms in total. The largest absolute Gasteiger partial charge is 0.383 e. The summed E-state index contributed by atoms with van der Waals surface area (Å²) in [7, 11) is 1.75. The number of nitrogens with zero attached hydrogens (tertiary/aromatic N) is 1. The van der Waals surface area contributed by atoms with Gasteiger partial charge in [0.2, 0.25) is 0 Å². The topological polar surface area (TPSA) is 34.1 Å². The SMILES string of the molecule is COCC(NCCc1nc(C)cs1)C(C)C. The molecule has 4 heteroatoms. The van der Waals surface area contributed by atoms with Crippen molar-refractivity contribution in [3.05, 3.63) is 16.1 Å². The summed E-state index contributed by atoms with van der Waals surface area (Å²) in [6, 6.07) is 0.436. The van der Waals surface area contributed by atoms with Crippen molar-refractivity contribution in [3.8, 4) is 0 Å². The van der Waals surface area contributed by atoms with Crippen molar-refractivity contribution in [2.75, 3.05) is 20.3 Å². The van der Waals surface area contributed by atoms with Gasteiger partial charge in [0.15, 0.2) is 0 Å². The molecule has 1 N–H and O–H groups in total. The van der Waals surface area contributed by atoms with E-state index in [1.54, 1.807) is 18.4 Å². The van der Waals surface area contributed by atoms with Crippen LogP contribution in [0.25, 0.3) is 0 Å². The van der Waals surface area contributed by atoms with Crippen LogP contribution in [0.3, 0.4) is 0 Å². The predicted octanol–water partition coefficient (Wildman–Crippen LogP) is 2.25. The molecule has 0 aliphatic rings. The first-order valence-electron chi connectivity index (χ1n) is 5.76. The summed E-state index contributed by atoms with van der Waals surface area (Å²) >= 11 is 1.74. The van der Waals surface area contributed by atoms with E-state index in [4.69, 9.17) is 4.74 Å². The molecule has 92 valence electrons. The zero-order valence-electron chi connectivity index (χ0n) is 10.6. The first-order chi connectivity index (χ1) is 7.63. The fourth-order valence-corrected chi connectivity index (χ4v) is 2.32. The number of thiazole rings is 1.